The van der Waals surface area contributed by atoms with Crippen LogP contribution in [0.3, 0.4) is 0 Å². The number of rotatable bonds is 3. The summed E-state index contributed by atoms with van der Waals surface area (Å²) in [6.45, 7) is 3.14. The van der Waals surface area contributed by atoms with Gasteiger partial charge < -0.3 is 19.9 Å². The molecule has 2 saturated heterocycles. The number of piperazine rings is 1. The van der Waals surface area contributed by atoms with Gasteiger partial charge in [-0.2, -0.15) is 0 Å². The molecule has 1 aromatic carbocycles. The number of halogens is 1. The van der Waals surface area contributed by atoms with Gasteiger partial charge in [0.2, 0.25) is 11.8 Å². The maximum Gasteiger partial charge on any atom is 0.228 e. The topological polar surface area (TPSA) is 61.9 Å². The molecule has 0 spiro atoms. The lowest BCUT2D eigenvalue weighted by Crippen LogP contribution is -2.52. The predicted molar refractivity (Wildman–Crippen MR) is 97.9 cm³/mol. The number of carbonyl (C=O) groups excluding carboxylic acids is 2. The van der Waals surface area contributed by atoms with Gasteiger partial charge in [0.1, 0.15) is 5.75 Å². The van der Waals surface area contributed by atoms with Crippen molar-refractivity contribution < 1.29 is 14.3 Å². The van der Waals surface area contributed by atoms with Crippen LogP contribution >= 0.6 is 12.4 Å². The van der Waals surface area contributed by atoms with E-state index in [4.69, 9.17) is 4.74 Å². The second-order valence-corrected chi connectivity index (χ2v) is 6.44. The van der Waals surface area contributed by atoms with E-state index in [0.717, 1.165) is 37.5 Å². The van der Waals surface area contributed by atoms with Crippen LogP contribution in [0.1, 0.15) is 24.4 Å². The Morgan fingerprint density at radius 3 is 2.44 bits per heavy atom. The highest BCUT2D eigenvalue weighted by Crippen LogP contribution is 2.37. The first-order valence-electron chi connectivity index (χ1n) is 8.51. The fraction of sp³-hybridized carbons (Fsp3) is 0.556. The molecular weight excluding hydrogens is 342 g/mol. The van der Waals surface area contributed by atoms with E-state index in [-0.39, 0.29) is 36.2 Å². The summed E-state index contributed by atoms with van der Waals surface area (Å²) in [6.07, 6.45) is 1.05. The normalized spacial score (nSPS) is 23.8. The molecule has 1 aromatic rings. The summed E-state index contributed by atoms with van der Waals surface area (Å²) in [5.41, 5.74) is 0.986. The third kappa shape index (κ3) is 4.07. The van der Waals surface area contributed by atoms with Crippen molar-refractivity contribution in [1.82, 2.24) is 15.1 Å². The number of amides is 2. The number of nitrogens with zero attached hydrogens (tertiary/aromatic N) is 2. The van der Waals surface area contributed by atoms with E-state index in [2.05, 4.69) is 5.32 Å². The molecule has 2 aliphatic heterocycles. The summed E-state index contributed by atoms with van der Waals surface area (Å²) in [4.78, 5) is 28.9. The maximum atomic E-state index is 13.0. The van der Waals surface area contributed by atoms with Crippen LogP contribution in [0.4, 0.5) is 0 Å². The van der Waals surface area contributed by atoms with Gasteiger partial charge >= 0.3 is 0 Å². The third-order valence-corrected chi connectivity index (χ3v) is 5.06. The highest BCUT2D eigenvalue weighted by atomic mass is 35.5. The van der Waals surface area contributed by atoms with Crippen molar-refractivity contribution in [2.45, 2.75) is 18.9 Å². The second kappa shape index (κ2) is 8.54. The Bertz CT molecular complexity index is 602. The summed E-state index contributed by atoms with van der Waals surface area (Å²) >= 11 is 0. The number of nitrogens with one attached hydrogen (secondary N) is 1. The number of piperidine rings is 1. The van der Waals surface area contributed by atoms with Crippen molar-refractivity contribution in [3.05, 3.63) is 29.8 Å². The molecule has 0 aliphatic carbocycles. The number of ether oxygens (including phenoxy) is 1. The molecule has 2 unspecified atom stereocenters. The van der Waals surface area contributed by atoms with Gasteiger partial charge in [0, 0.05) is 39.6 Å². The molecule has 2 heterocycles. The zero-order valence-corrected chi connectivity index (χ0v) is 15.6. The minimum atomic E-state index is -0.209. The fourth-order valence-electron chi connectivity index (χ4n) is 3.67. The van der Waals surface area contributed by atoms with Gasteiger partial charge in [-0.25, -0.2) is 0 Å². The van der Waals surface area contributed by atoms with Crippen molar-refractivity contribution in [3.63, 3.8) is 0 Å². The Morgan fingerprint density at radius 2 is 1.84 bits per heavy atom. The second-order valence-electron chi connectivity index (χ2n) is 6.44. The van der Waals surface area contributed by atoms with Crippen LogP contribution in [0.15, 0.2) is 24.3 Å². The first-order chi connectivity index (χ1) is 11.6. The molecular formula is C18H26ClN3O3. The molecule has 7 heteroatoms. The van der Waals surface area contributed by atoms with Crippen LogP contribution in [-0.4, -0.2) is 62.0 Å². The zero-order chi connectivity index (χ0) is 17.1. The zero-order valence-electron chi connectivity index (χ0n) is 14.7. The number of hydrogen-bond acceptors (Lipinski definition) is 4. The Morgan fingerprint density at radius 1 is 1.20 bits per heavy atom. The number of likely N-dealkylation sites (tertiary alicyclic amines) is 1. The standard InChI is InChI=1S/C18H25N3O3.ClH/c1-20-16(22)8-7-15(18(23)21-11-9-19-10-12-21)17(20)13-3-5-14(24-2)6-4-13;/h3-6,15,17,19H,7-12H2,1-2H3;1H. The van der Waals surface area contributed by atoms with Crippen LogP contribution in [0.2, 0.25) is 0 Å². The molecule has 0 radical (unpaired) electrons. The smallest absolute Gasteiger partial charge is 0.228 e. The number of benzene rings is 1. The number of carbonyl (C=O) groups is 2. The number of hydrogen-bond donors (Lipinski definition) is 1. The molecule has 2 aliphatic rings. The molecule has 2 atom stereocenters. The molecule has 1 N–H and O–H groups in total. The Kier molecular flexibility index (Phi) is 6.67. The van der Waals surface area contributed by atoms with E-state index in [0.29, 0.717) is 12.8 Å². The quantitative estimate of drug-likeness (QED) is 0.878. The summed E-state index contributed by atoms with van der Waals surface area (Å²) < 4.78 is 5.21. The molecule has 138 valence electrons. The average Bonchev–Trinajstić information content (AvgIpc) is 2.64. The van der Waals surface area contributed by atoms with Crippen molar-refractivity contribution >= 4 is 24.2 Å². The summed E-state index contributed by atoms with van der Waals surface area (Å²) in [7, 11) is 3.43. The Labute approximate surface area is 154 Å². The minimum absolute atomic E-state index is 0. The monoisotopic (exact) mass is 367 g/mol. The van der Waals surface area contributed by atoms with Crippen LogP contribution in [0, 0.1) is 5.92 Å². The van der Waals surface area contributed by atoms with E-state index in [9.17, 15) is 9.59 Å². The van der Waals surface area contributed by atoms with Gasteiger partial charge in [-0.1, -0.05) is 12.1 Å². The molecule has 2 amide bonds. The summed E-state index contributed by atoms with van der Waals surface area (Å²) in [5, 5.41) is 3.27. The van der Waals surface area contributed by atoms with Gasteiger partial charge in [0.15, 0.2) is 0 Å². The van der Waals surface area contributed by atoms with Gasteiger partial charge in [0.05, 0.1) is 19.1 Å². The van der Waals surface area contributed by atoms with Gasteiger partial charge in [-0.3, -0.25) is 9.59 Å². The van der Waals surface area contributed by atoms with Crippen molar-refractivity contribution in [1.29, 1.82) is 0 Å². The van der Waals surface area contributed by atoms with E-state index in [1.54, 1.807) is 19.1 Å². The highest BCUT2D eigenvalue weighted by molar-refractivity contribution is 5.85. The Hall–Kier alpha value is -1.79. The van der Waals surface area contributed by atoms with Crippen LogP contribution in [0.25, 0.3) is 0 Å². The lowest BCUT2D eigenvalue weighted by molar-refractivity contribution is -0.147. The molecule has 0 saturated carbocycles. The van der Waals surface area contributed by atoms with Gasteiger partial charge in [0.25, 0.3) is 0 Å². The molecule has 25 heavy (non-hydrogen) atoms. The van der Waals surface area contributed by atoms with Crippen molar-refractivity contribution in [3.8, 4) is 5.75 Å². The van der Waals surface area contributed by atoms with E-state index >= 15 is 0 Å². The fourth-order valence-corrected chi connectivity index (χ4v) is 3.67. The Balaban J connectivity index is 0.00000225. The summed E-state index contributed by atoms with van der Waals surface area (Å²) in [6, 6.07) is 7.47. The molecule has 3 rings (SSSR count). The lowest BCUT2D eigenvalue weighted by atomic mass is 9.83. The van der Waals surface area contributed by atoms with Crippen molar-refractivity contribution in [2.24, 2.45) is 5.92 Å². The van der Waals surface area contributed by atoms with Crippen LogP contribution in [-0.2, 0) is 9.59 Å². The first kappa shape index (κ1) is 19.5. The molecule has 0 aromatic heterocycles. The lowest BCUT2D eigenvalue weighted by Gasteiger charge is -2.41. The molecule has 2 fully saturated rings. The largest absolute Gasteiger partial charge is 0.497 e. The predicted octanol–water partition coefficient (Wildman–Crippen LogP) is 1.46. The van der Waals surface area contributed by atoms with Gasteiger partial charge in [-0.15, -0.1) is 12.4 Å². The van der Waals surface area contributed by atoms with Crippen LogP contribution in [0.5, 0.6) is 5.75 Å². The maximum absolute atomic E-state index is 13.0. The third-order valence-electron chi connectivity index (χ3n) is 5.06. The van der Waals surface area contributed by atoms with Crippen molar-refractivity contribution in [2.75, 3.05) is 40.3 Å². The molecule has 6 nitrogen and oxygen atoms in total. The van der Waals surface area contributed by atoms with Crippen LogP contribution < -0.4 is 10.1 Å². The first-order valence-corrected chi connectivity index (χ1v) is 8.51. The average molecular weight is 368 g/mol. The minimum Gasteiger partial charge on any atom is -0.497 e. The van der Waals surface area contributed by atoms with E-state index < -0.39 is 0 Å². The number of methoxy groups -OCH3 is 1. The van der Waals surface area contributed by atoms with E-state index in [1.165, 1.54) is 0 Å². The highest BCUT2D eigenvalue weighted by Gasteiger charge is 2.40. The summed E-state index contributed by atoms with van der Waals surface area (Å²) in [5.74, 6) is 0.851. The molecule has 0 bridgehead atoms. The SMILES string of the molecule is COc1ccc(C2C(C(=O)N3CCNCC3)CCC(=O)N2C)cc1.Cl. The van der Waals surface area contributed by atoms with E-state index in [1.807, 2.05) is 29.2 Å². The van der Waals surface area contributed by atoms with Gasteiger partial charge in [-0.05, 0) is 24.1 Å².